The molecule has 1 saturated heterocycles. The van der Waals surface area contributed by atoms with Gasteiger partial charge in [0.05, 0.1) is 11.6 Å². The van der Waals surface area contributed by atoms with Gasteiger partial charge >= 0.3 is 6.09 Å². The highest BCUT2D eigenvalue weighted by molar-refractivity contribution is 5.93. The summed E-state index contributed by atoms with van der Waals surface area (Å²) < 4.78 is 10.8. The summed E-state index contributed by atoms with van der Waals surface area (Å²) in [4.78, 5) is 30.6. The van der Waals surface area contributed by atoms with Gasteiger partial charge in [0.25, 0.3) is 5.91 Å². The summed E-state index contributed by atoms with van der Waals surface area (Å²) in [5.74, 6) is 0.664. The molecule has 1 fully saturated rings. The zero-order valence-electron chi connectivity index (χ0n) is 15.5. The van der Waals surface area contributed by atoms with Crippen LogP contribution in [-0.2, 0) is 4.74 Å². The number of hydrogen-bond donors (Lipinski definition) is 1. The minimum atomic E-state index is -0.552. The number of nitrogens with one attached hydrogen (secondary N) is 1. The van der Waals surface area contributed by atoms with E-state index in [4.69, 9.17) is 9.15 Å². The minimum Gasteiger partial charge on any atom is -0.445 e. The van der Waals surface area contributed by atoms with Crippen LogP contribution < -0.4 is 5.32 Å². The second-order valence-electron chi connectivity index (χ2n) is 7.74. The van der Waals surface area contributed by atoms with E-state index >= 15 is 0 Å². The number of rotatable bonds is 2. The zero-order valence-corrected chi connectivity index (χ0v) is 15.5. The van der Waals surface area contributed by atoms with Gasteiger partial charge in [0.2, 0.25) is 0 Å². The average Bonchev–Trinajstić information content (AvgIpc) is 2.87. The lowest BCUT2D eigenvalue weighted by atomic mass is 9.95. The van der Waals surface area contributed by atoms with Crippen molar-refractivity contribution in [3.8, 4) is 0 Å². The van der Waals surface area contributed by atoms with Gasteiger partial charge in [0.1, 0.15) is 11.4 Å². The van der Waals surface area contributed by atoms with Crippen LogP contribution in [0.15, 0.2) is 4.42 Å². The summed E-state index contributed by atoms with van der Waals surface area (Å²) in [6.07, 6.45) is 0.297. The van der Waals surface area contributed by atoms with Crippen molar-refractivity contribution in [1.82, 2.24) is 15.2 Å². The van der Waals surface area contributed by atoms with Crippen molar-refractivity contribution in [2.24, 2.45) is 0 Å². The summed E-state index contributed by atoms with van der Waals surface area (Å²) in [7, 11) is 0. The Bertz CT molecular complexity index is 643. The monoisotopic (exact) mass is 337 g/mol. The number of hydrogen-bond acceptors (Lipinski definition) is 5. The molecule has 0 spiro atoms. The molecule has 1 N–H and O–H groups in total. The first-order valence-corrected chi connectivity index (χ1v) is 8.17. The first-order chi connectivity index (χ1) is 10.9. The molecule has 7 heteroatoms. The second-order valence-corrected chi connectivity index (χ2v) is 7.74. The molecule has 0 saturated carbocycles. The van der Waals surface area contributed by atoms with E-state index in [9.17, 15) is 9.59 Å². The van der Waals surface area contributed by atoms with Gasteiger partial charge in [-0.25, -0.2) is 9.78 Å². The van der Waals surface area contributed by atoms with Crippen LogP contribution in [0.2, 0.25) is 0 Å². The molecule has 1 aromatic heterocycles. The van der Waals surface area contributed by atoms with Crippen LogP contribution in [0.4, 0.5) is 4.79 Å². The van der Waals surface area contributed by atoms with Crippen molar-refractivity contribution in [2.45, 2.75) is 72.1 Å². The average molecular weight is 337 g/mol. The van der Waals surface area contributed by atoms with E-state index in [1.54, 1.807) is 18.7 Å². The van der Waals surface area contributed by atoms with Gasteiger partial charge in [-0.3, -0.25) is 4.79 Å². The molecule has 2 heterocycles. The predicted molar refractivity (Wildman–Crippen MR) is 88.9 cm³/mol. The van der Waals surface area contributed by atoms with E-state index in [0.717, 1.165) is 0 Å². The summed E-state index contributed by atoms with van der Waals surface area (Å²) in [5.41, 5.74) is -0.812. The Hall–Kier alpha value is -2.05. The normalized spacial score (nSPS) is 20.1. The number of nitrogens with zero attached hydrogens (tertiary/aromatic N) is 2. The number of aryl methyl sites for hydroxylation is 2. The fourth-order valence-electron chi connectivity index (χ4n) is 2.95. The maximum absolute atomic E-state index is 12.5. The van der Waals surface area contributed by atoms with Gasteiger partial charge in [-0.2, -0.15) is 0 Å². The van der Waals surface area contributed by atoms with Crippen LogP contribution in [0.5, 0.6) is 0 Å². The van der Waals surface area contributed by atoms with Gasteiger partial charge in [0, 0.05) is 13.5 Å². The van der Waals surface area contributed by atoms with Crippen molar-refractivity contribution < 1.29 is 18.7 Å². The van der Waals surface area contributed by atoms with Gasteiger partial charge in [0.15, 0.2) is 11.6 Å². The number of ether oxygens (including phenoxy) is 1. The molecule has 1 atom stereocenters. The van der Waals surface area contributed by atoms with Gasteiger partial charge < -0.3 is 19.4 Å². The Morgan fingerprint density at radius 1 is 1.33 bits per heavy atom. The zero-order chi connectivity index (χ0) is 18.3. The standard InChI is InChI=1S/C17H27N3O4/c1-10-13(18-11(2)23-10)14(21)19-12-8-9-20(17(12,6)7)15(22)24-16(3,4)5/h12H,8-9H2,1-7H3,(H,19,21). The highest BCUT2D eigenvalue weighted by Gasteiger charge is 2.46. The van der Waals surface area contributed by atoms with E-state index in [1.165, 1.54) is 0 Å². The van der Waals surface area contributed by atoms with Crippen molar-refractivity contribution in [3.05, 3.63) is 17.3 Å². The number of likely N-dealkylation sites (tertiary alicyclic amines) is 1. The third-order valence-electron chi connectivity index (χ3n) is 4.23. The molecule has 7 nitrogen and oxygen atoms in total. The predicted octanol–water partition coefficient (Wildman–Crippen LogP) is 2.81. The number of carbonyl (C=O) groups is 2. The minimum absolute atomic E-state index is 0.186. The third kappa shape index (κ3) is 3.71. The van der Waals surface area contributed by atoms with E-state index in [0.29, 0.717) is 30.3 Å². The van der Waals surface area contributed by atoms with Crippen LogP contribution >= 0.6 is 0 Å². The number of carbonyl (C=O) groups excluding carboxylic acids is 2. The van der Waals surface area contributed by atoms with Crippen LogP contribution in [0.1, 0.15) is 63.2 Å². The first-order valence-electron chi connectivity index (χ1n) is 8.17. The maximum Gasteiger partial charge on any atom is 0.410 e. The van der Waals surface area contributed by atoms with E-state index in [2.05, 4.69) is 10.3 Å². The molecule has 1 unspecified atom stereocenters. The van der Waals surface area contributed by atoms with E-state index in [-0.39, 0.29) is 18.0 Å². The Balaban J connectivity index is 2.09. The summed E-state index contributed by atoms with van der Waals surface area (Å²) in [6.45, 7) is 13.3. The fraction of sp³-hybridized carbons (Fsp3) is 0.706. The Labute approximate surface area is 142 Å². The maximum atomic E-state index is 12.5. The van der Waals surface area contributed by atoms with Gasteiger partial charge in [-0.1, -0.05) is 0 Å². The van der Waals surface area contributed by atoms with Gasteiger partial charge in [-0.15, -0.1) is 0 Å². The van der Waals surface area contributed by atoms with Gasteiger partial charge in [-0.05, 0) is 48.0 Å². The van der Waals surface area contributed by atoms with Crippen LogP contribution in [-0.4, -0.2) is 45.6 Å². The topological polar surface area (TPSA) is 84.7 Å². The number of oxazole rings is 1. The smallest absolute Gasteiger partial charge is 0.410 e. The van der Waals surface area contributed by atoms with Crippen molar-refractivity contribution >= 4 is 12.0 Å². The largest absolute Gasteiger partial charge is 0.445 e. The molecule has 134 valence electrons. The van der Waals surface area contributed by atoms with Crippen LogP contribution in [0.25, 0.3) is 0 Å². The Morgan fingerprint density at radius 2 is 1.96 bits per heavy atom. The lowest BCUT2D eigenvalue weighted by Gasteiger charge is -2.36. The molecular formula is C17H27N3O4. The molecule has 0 bridgehead atoms. The SMILES string of the molecule is Cc1nc(C(=O)NC2CCN(C(=O)OC(C)(C)C)C2(C)C)c(C)o1. The molecule has 1 aliphatic rings. The van der Waals surface area contributed by atoms with E-state index < -0.39 is 11.1 Å². The molecule has 2 amide bonds. The van der Waals surface area contributed by atoms with E-state index in [1.807, 2.05) is 34.6 Å². The molecule has 24 heavy (non-hydrogen) atoms. The van der Waals surface area contributed by atoms with Crippen molar-refractivity contribution in [1.29, 1.82) is 0 Å². The number of aromatic nitrogens is 1. The highest BCUT2D eigenvalue weighted by atomic mass is 16.6. The van der Waals surface area contributed by atoms with Crippen molar-refractivity contribution in [2.75, 3.05) is 6.54 Å². The lowest BCUT2D eigenvalue weighted by Crippen LogP contribution is -2.55. The Kier molecular flexibility index (Phi) is 4.65. The second kappa shape index (κ2) is 6.11. The third-order valence-corrected chi connectivity index (χ3v) is 4.23. The molecule has 0 aromatic carbocycles. The fourth-order valence-corrected chi connectivity index (χ4v) is 2.95. The molecule has 1 aromatic rings. The molecule has 0 radical (unpaired) electrons. The van der Waals surface area contributed by atoms with Crippen molar-refractivity contribution in [3.63, 3.8) is 0 Å². The Morgan fingerprint density at radius 3 is 2.46 bits per heavy atom. The quantitative estimate of drug-likeness (QED) is 0.897. The van der Waals surface area contributed by atoms with Crippen LogP contribution in [0.3, 0.4) is 0 Å². The lowest BCUT2D eigenvalue weighted by molar-refractivity contribution is 0.0108. The summed E-state index contributed by atoms with van der Waals surface area (Å²) in [5, 5.41) is 2.98. The highest BCUT2D eigenvalue weighted by Crippen LogP contribution is 2.31. The van der Waals surface area contributed by atoms with Crippen LogP contribution in [0, 0.1) is 13.8 Å². The molecule has 0 aliphatic carbocycles. The molecule has 2 rings (SSSR count). The summed E-state index contributed by atoms with van der Waals surface area (Å²) >= 11 is 0. The number of amides is 2. The molecule has 1 aliphatic heterocycles. The summed E-state index contributed by atoms with van der Waals surface area (Å²) in [6, 6.07) is -0.186. The first kappa shape index (κ1) is 18.3. The molecular weight excluding hydrogens is 310 g/mol.